The van der Waals surface area contributed by atoms with E-state index in [-0.39, 0.29) is 0 Å². The summed E-state index contributed by atoms with van der Waals surface area (Å²) in [5.41, 5.74) is 1.31. The molecule has 2 rings (SSSR count). The molecule has 1 saturated heterocycles. The fourth-order valence-electron chi connectivity index (χ4n) is 2.51. The SMILES string of the molecule is CCc1ccc(OC[C@H](O)CN2CCCCC2)cc1. The van der Waals surface area contributed by atoms with Gasteiger partial charge in [-0.05, 0) is 50.0 Å². The summed E-state index contributed by atoms with van der Waals surface area (Å²) in [5, 5.41) is 10.00. The summed E-state index contributed by atoms with van der Waals surface area (Å²) < 4.78 is 5.63. The zero-order valence-corrected chi connectivity index (χ0v) is 11.8. The number of ether oxygens (including phenoxy) is 1. The Kier molecular flexibility index (Phi) is 5.67. The molecule has 0 radical (unpaired) electrons. The average molecular weight is 263 g/mol. The molecule has 0 bridgehead atoms. The van der Waals surface area contributed by atoms with Gasteiger partial charge in [0.15, 0.2) is 0 Å². The van der Waals surface area contributed by atoms with Crippen molar-refractivity contribution >= 4 is 0 Å². The van der Waals surface area contributed by atoms with Gasteiger partial charge in [-0.25, -0.2) is 0 Å². The number of piperidine rings is 1. The van der Waals surface area contributed by atoms with Crippen LogP contribution in [0.4, 0.5) is 0 Å². The molecule has 1 atom stereocenters. The molecule has 0 aromatic heterocycles. The van der Waals surface area contributed by atoms with E-state index in [2.05, 4.69) is 24.0 Å². The molecule has 0 amide bonds. The van der Waals surface area contributed by atoms with E-state index in [1.165, 1.54) is 24.8 Å². The molecule has 1 aromatic carbocycles. The Morgan fingerprint density at radius 1 is 1.16 bits per heavy atom. The lowest BCUT2D eigenvalue weighted by atomic mass is 10.1. The van der Waals surface area contributed by atoms with Gasteiger partial charge in [0.05, 0.1) is 0 Å². The van der Waals surface area contributed by atoms with Crippen molar-refractivity contribution < 1.29 is 9.84 Å². The highest BCUT2D eigenvalue weighted by molar-refractivity contribution is 5.27. The van der Waals surface area contributed by atoms with Crippen molar-refractivity contribution in [3.8, 4) is 5.75 Å². The van der Waals surface area contributed by atoms with Gasteiger partial charge >= 0.3 is 0 Å². The van der Waals surface area contributed by atoms with Gasteiger partial charge in [-0.2, -0.15) is 0 Å². The minimum atomic E-state index is -0.399. The second-order valence-electron chi connectivity index (χ2n) is 5.32. The first-order chi connectivity index (χ1) is 9.28. The van der Waals surface area contributed by atoms with Gasteiger partial charge in [0.25, 0.3) is 0 Å². The van der Waals surface area contributed by atoms with E-state index in [1.54, 1.807) is 0 Å². The fraction of sp³-hybridized carbons (Fsp3) is 0.625. The zero-order chi connectivity index (χ0) is 13.5. The van der Waals surface area contributed by atoms with E-state index in [1.807, 2.05) is 12.1 Å². The number of hydrogen-bond donors (Lipinski definition) is 1. The second kappa shape index (κ2) is 7.51. The fourth-order valence-corrected chi connectivity index (χ4v) is 2.51. The van der Waals surface area contributed by atoms with Crippen LogP contribution in [0.25, 0.3) is 0 Å². The summed E-state index contributed by atoms with van der Waals surface area (Å²) in [4.78, 5) is 2.33. The number of aliphatic hydroxyl groups is 1. The number of β-amino-alcohol motifs (C(OH)–C–C–N with tert-alkyl or cyclic N) is 1. The van der Waals surface area contributed by atoms with Crippen LogP contribution in [0.1, 0.15) is 31.7 Å². The lowest BCUT2D eigenvalue weighted by Gasteiger charge is -2.28. The predicted octanol–water partition coefficient (Wildman–Crippen LogP) is 2.47. The molecule has 1 aliphatic heterocycles. The Morgan fingerprint density at radius 2 is 1.84 bits per heavy atom. The van der Waals surface area contributed by atoms with Crippen LogP contribution in [-0.4, -0.2) is 42.4 Å². The van der Waals surface area contributed by atoms with Gasteiger partial charge in [-0.1, -0.05) is 25.5 Å². The van der Waals surface area contributed by atoms with Crippen LogP contribution < -0.4 is 4.74 Å². The molecular weight excluding hydrogens is 238 g/mol. The first-order valence-corrected chi connectivity index (χ1v) is 7.40. The van der Waals surface area contributed by atoms with Crippen molar-refractivity contribution in [3.63, 3.8) is 0 Å². The summed E-state index contributed by atoms with van der Waals surface area (Å²) in [7, 11) is 0. The molecule has 0 spiro atoms. The van der Waals surface area contributed by atoms with Crippen molar-refractivity contribution in [3.05, 3.63) is 29.8 Å². The maximum atomic E-state index is 10.00. The Morgan fingerprint density at radius 3 is 2.47 bits per heavy atom. The van der Waals surface area contributed by atoms with Crippen LogP contribution in [0.15, 0.2) is 24.3 Å². The molecule has 1 fully saturated rings. The third-order valence-electron chi connectivity index (χ3n) is 3.69. The van der Waals surface area contributed by atoms with Gasteiger partial charge in [0.2, 0.25) is 0 Å². The van der Waals surface area contributed by atoms with E-state index in [4.69, 9.17) is 4.74 Å². The van der Waals surface area contributed by atoms with Gasteiger partial charge in [-0.3, -0.25) is 0 Å². The molecule has 1 N–H and O–H groups in total. The molecule has 1 aliphatic rings. The molecule has 1 aromatic rings. The maximum absolute atomic E-state index is 10.00. The van der Waals surface area contributed by atoms with Crippen LogP contribution in [-0.2, 0) is 6.42 Å². The highest BCUT2D eigenvalue weighted by atomic mass is 16.5. The van der Waals surface area contributed by atoms with E-state index >= 15 is 0 Å². The van der Waals surface area contributed by atoms with Crippen molar-refractivity contribution in [1.29, 1.82) is 0 Å². The minimum absolute atomic E-state index is 0.377. The third-order valence-corrected chi connectivity index (χ3v) is 3.69. The largest absolute Gasteiger partial charge is 0.491 e. The summed E-state index contributed by atoms with van der Waals surface area (Å²) >= 11 is 0. The van der Waals surface area contributed by atoms with Gasteiger partial charge in [0, 0.05) is 6.54 Å². The summed E-state index contributed by atoms with van der Waals surface area (Å²) in [6.45, 7) is 5.47. The molecule has 0 saturated carbocycles. The molecule has 1 heterocycles. The zero-order valence-electron chi connectivity index (χ0n) is 11.8. The number of rotatable bonds is 6. The molecule has 106 valence electrons. The number of hydrogen-bond acceptors (Lipinski definition) is 3. The normalized spacial score (nSPS) is 18.2. The first-order valence-electron chi connectivity index (χ1n) is 7.40. The molecule has 19 heavy (non-hydrogen) atoms. The first kappa shape index (κ1) is 14.4. The smallest absolute Gasteiger partial charge is 0.119 e. The predicted molar refractivity (Wildman–Crippen MR) is 77.6 cm³/mol. The topological polar surface area (TPSA) is 32.7 Å². The number of likely N-dealkylation sites (tertiary alicyclic amines) is 1. The van der Waals surface area contributed by atoms with Crippen molar-refractivity contribution in [2.75, 3.05) is 26.2 Å². The number of aliphatic hydroxyl groups excluding tert-OH is 1. The van der Waals surface area contributed by atoms with Gasteiger partial charge in [0.1, 0.15) is 18.5 Å². The third kappa shape index (κ3) is 4.84. The number of aryl methyl sites for hydroxylation is 1. The number of benzene rings is 1. The van der Waals surface area contributed by atoms with Crippen LogP contribution in [0.5, 0.6) is 5.75 Å². The van der Waals surface area contributed by atoms with Crippen LogP contribution in [0, 0.1) is 0 Å². The monoisotopic (exact) mass is 263 g/mol. The Balaban J connectivity index is 1.71. The van der Waals surface area contributed by atoms with E-state index in [0.29, 0.717) is 6.61 Å². The lowest BCUT2D eigenvalue weighted by Crippen LogP contribution is -2.38. The summed E-state index contributed by atoms with van der Waals surface area (Å²) in [6.07, 6.45) is 4.48. The van der Waals surface area contributed by atoms with Gasteiger partial charge in [-0.15, -0.1) is 0 Å². The van der Waals surface area contributed by atoms with Crippen molar-refractivity contribution in [2.45, 2.75) is 38.7 Å². The van der Waals surface area contributed by atoms with Crippen molar-refractivity contribution in [2.24, 2.45) is 0 Å². The standard InChI is InChI=1S/C16H25NO2/c1-2-14-6-8-16(9-7-14)19-13-15(18)12-17-10-4-3-5-11-17/h6-9,15,18H,2-5,10-13H2,1H3/t15-/m1/s1. The highest BCUT2D eigenvalue weighted by Crippen LogP contribution is 2.13. The quantitative estimate of drug-likeness (QED) is 0.856. The summed E-state index contributed by atoms with van der Waals surface area (Å²) in [5.74, 6) is 0.842. The van der Waals surface area contributed by atoms with Gasteiger partial charge < -0.3 is 14.7 Å². The Bertz CT molecular complexity index is 358. The van der Waals surface area contributed by atoms with E-state index in [0.717, 1.165) is 31.8 Å². The maximum Gasteiger partial charge on any atom is 0.119 e. The molecule has 0 unspecified atom stereocenters. The molecule has 0 aliphatic carbocycles. The number of nitrogens with zero attached hydrogens (tertiary/aromatic N) is 1. The molecule has 3 nitrogen and oxygen atoms in total. The van der Waals surface area contributed by atoms with Crippen LogP contribution >= 0.6 is 0 Å². The molecule has 3 heteroatoms. The Hall–Kier alpha value is -1.06. The van der Waals surface area contributed by atoms with Crippen LogP contribution in [0.2, 0.25) is 0 Å². The highest BCUT2D eigenvalue weighted by Gasteiger charge is 2.14. The summed E-state index contributed by atoms with van der Waals surface area (Å²) in [6, 6.07) is 8.11. The second-order valence-corrected chi connectivity index (χ2v) is 5.32. The van der Waals surface area contributed by atoms with Crippen LogP contribution in [0.3, 0.4) is 0 Å². The van der Waals surface area contributed by atoms with E-state index < -0.39 is 6.10 Å². The van der Waals surface area contributed by atoms with Crippen molar-refractivity contribution in [1.82, 2.24) is 4.90 Å². The lowest BCUT2D eigenvalue weighted by molar-refractivity contribution is 0.0617. The Labute approximate surface area is 116 Å². The average Bonchev–Trinajstić information content (AvgIpc) is 2.47. The van der Waals surface area contributed by atoms with E-state index in [9.17, 15) is 5.11 Å². The minimum Gasteiger partial charge on any atom is -0.491 e. The molecular formula is C16H25NO2.